The van der Waals surface area contributed by atoms with Crippen molar-refractivity contribution in [1.82, 2.24) is 9.80 Å². The second-order valence-corrected chi connectivity index (χ2v) is 10.3. The number of hydrogen-bond acceptors (Lipinski definition) is 15. The fraction of sp³-hybridized carbons (Fsp3) is 1.00. The molecule has 1 saturated carbocycles. The van der Waals surface area contributed by atoms with Crippen molar-refractivity contribution >= 4 is 0 Å². The first-order valence-corrected chi connectivity index (χ1v) is 12.6. The van der Waals surface area contributed by atoms with E-state index >= 15 is 0 Å². The molecule has 2 rings (SSSR count). The SMILES string of the molecule is CN(CCN(C)CC(O)CO[C@H]1[C@H](O)[C@@H](O)[C@H](N)C[C@@H]1N)CC(O)CO[C@H]1O[C@H](CO)[C@@H](O)[C@H](O)[C@H]1N. The normalized spacial score (nSPS) is 38.8. The van der Waals surface area contributed by atoms with Crippen molar-refractivity contribution in [2.24, 2.45) is 17.2 Å². The standard InChI is InChI=1S/C22H47N5O10/c1-26(6-11(29)9-35-21-14(24)5-13(23)17(31)20(21)34)3-4-27(2)7-12(30)10-36-22-16(25)19(33)18(32)15(8-28)37-22/h11-22,28-34H,3-10,23-25H2,1-2H3/t11?,12?,13-,14+,15-,16-,17+,18-,19-,20-,21-,22+/m1/s1. The molecular formula is C22H47N5O10. The van der Waals surface area contributed by atoms with Crippen molar-refractivity contribution in [3.05, 3.63) is 0 Å². The minimum atomic E-state index is -1.33. The summed E-state index contributed by atoms with van der Waals surface area (Å²) in [6, 6.07) is -2.20. The molecule has 0 aromatic rings. The Morgan fingerprint density at radius 1 is 0.811 bits per heavy atom. The second kappa shape index (κ2) is 15.3. The third kappa shape index (κ3) is 9.52. The summed E-state index contributed by atoms with van der Waals surface area (Å²) in [4.78, 5) is 3.75. The van der Waals surface area contributed by atoms with Gasteiger partial charge >= 0.3 is 0 Å². The summed E-state index contributed by atoms with van der Waals surface area (Å²) >= 11 is 0. The molecule has 0 aromatic heterocycles. The van der Waals surface area contributed by atoms with Crippen LogP contribution in [0.4, 0.5) is 0 Å². The first-order chi connectivity index (χ1) is 17.3. The van der Waals surface area contributed by atoms with Gasteiger partial charge in [-0.25, -0.2) is 0 Å². The summed E-state index contributed by atoms with van der Waals surface area (Å²) in [6.45, 7) is 0.965. The van der Waals surface area contributed by atoms with Gasteiger partial charge in [0.15, 0.2) is 6.29 Å². The van der Waals surface area contributed by atoms with Gasteiger partial charge in [-0.1, -0.05) is 0 Å². The van der Waals surface area contributed by atoms with Crippen LogP contribution in [0.2, 0.25) is 0 Å². The molecule has 12 atom stereocenters. The van der Waals surface area contributed by atoms with Crippen LogP contribution in [-0.2, 0) is 14.2 Å². The topological polar surface area (TPSA) is 254 Å². The Balaban J connectivity index is 1.64. The van der Waals surface area contributed by atoms with E-state index < -0.39 is 79.9 Å². The molecule has 1 aliphatic carbocycles. The van der Waals surface area contributed by atoms with Gasteiger partial charge in [-0.15, -0.1) is 0 Å². The molecule has 1 saturated heterocycles. The molecule has 15 heteroatoms. The molecule has 1 heterocycles. The van der Waals surface area contributed by atoms with Crippen molar-refractivity contribution in [2.45, 2.75) is 79.7 Å². The van der Waals surface area contributed by atoms with E-state index in [-0.39, 0.29) is 26.3 Å². The van der Waals surface area contributed by atoms with Crippen LogP contribution in [0, 0.1) is 0 Å². The molecule has 13 N–H and O–H groups in total. The first-order valence-electron chi connectivity index (χ1n) is 12.6. The zero-order valence-corrected chi connectivity index (χ0v) is 21.6. The lowest BCUT2D eigenvalue weighted by Gasteiger charge is -2.40. The van der Waals surface area contributed by atoms with E-state index in [1.807, 2.05) is 23.9 Å². The molecule has 0 amide bonds. The molecule has 0 radical (unpaired) electrons. The lowest BCUT2D eigenvalue weighted by molar-refractivity contribution is -0.270. The summed E-state index contributed by atoms with van der Waals surface area (Å²) in [5, 5.41) is 69.8. The Hall–Kier alpha value is -0.600. The number of hydrogen-bond donors (Lipinski definition) is 10. The quantitative estimate of drug-likeness (QED) is 0.0981. The highest BCUT2D eigenvalue weighted by Crippen LogP contribution is 2.22. The van der Waals surface area contributed by atoms with Crippen molar-refractivity contribution < 1.29 is 50.0 Å². The first kappa shape index (κ1) is 32.6. The monoisotopic (exact) mass is 541 g/mol. The predicted molar refractivity (Wildman–Crippen MR) is 131 cm³/mol. The lowest BCUT2D eigenvalue weighted by Crippen LogP contribution is -2.62. The molecule has 2 aliphatic rings. The van der Waals surface area contributed by atoms with Gasteiger partial charge in [-0.05, 0) is 20.5 Å². The maximum atomic E-state index is 10.3. The Bertz CT molecular complexity index is 655. The summed E-state index contributed by atoms with van der Waals surface area (Å²) in [7, 11) is 3.63. The van der Waals surface area contributed by atoms with Crippen LogP contribution < -0.4 is 17.2 Å². The van der Waals surface area contributed by atoms with Gasteiger partial charge in [0.1, 0.15) is 30.5 Å². The Labute approximate surface area is 217 Å². The Morgan fingerprint density at radius 2 is 1.35 bits per heavy atom. The molecule has 15 nitrogen and oxygen atoms in total. The van der Waals surface area contributed by atoms with Gasteiger partial charge in [0.25, 0.3) is 0 Å². The van der Waals surface area contributed by atoms with Crippen LogP contribution in [0.5, 0.6) is 0 Å². The number of nitrogens with zero attached hydrogens (tertiary/aromatic N) is 2. The minimum absolute atomic E-state index is 0.0676. The van der Waals surface area contributed by atoms with E-state index in [0.717, 1.165) is 0 Å². The van der Waals surface area contributed by atoms with Gasteiger partial charge in [0.2, 0.25) is 0 Å². The maximum Gasteiger partial charge on any atom is 0.175 e. The highest BCUT2D eigenvalue weighted by atomic mass is 16.7. The lowest BCUT2D eigenvalue weighted by atomic mass is 9.85. The Kier molecular flexibility index (Phi) is 13.4. The molecular weight excluding hydrogens is 494 g/mol. The summed E-state index contributed by atoms with van der Waals surface area (Å²) in [5.41, 5.74) is 17.5. The highest BCUT2D eigenvalue weighted by Gasteiger charge is 2.43. The molecule has 0 bridgehead atoms. The van der Waals surface area contributed by atoms with Crippen LogP contribution >= 0.6 is 0 Å². The van der Waals surface area contributed by atoms with Crippen LogP contribution in [-0.4, -0.2) is 179 Å². The predicted octanol–water partition coefficient (Wildman–Crippen LogP) is -6.48. The molecule has 1 aliphatic heterocycles. The molecule has 220 valence electrons. The van der Waals surface area contributed by atoms with Crippen LogP contribution in [0.1, 0.15) is 6.42 Å². The van der Waals surface area contributed by atoms with E-state index in [4.69, 9.17) is 31.4 Å². The number of rotatable bonds is 14. The van der Waals surface area contributed by atoms with E-state index in [2.05, 4.69) is 0 Å². The van der Waals surface area contributed by atoms with Crippen LogP contribution in [0.25, 0.3) is 0 Å². The van der Waals surface area contributed by atoms with Gasteiger partial charge in [-0.2, -0.15) is 0 Å². The van der Waals surface area contributed by atoms with E-state index in [1.54, 1.807) is 0 Å². The van der Waals surface area contributed by atoms with Crippen LogP contribution in [0.15, 0.2) is 0 Å². The fourth-order valence-corrected chi connectivity index (χ4v) is 4.54. The molecule has 0 aromatic carbocycles. The smallest absolute Gasteiger partial charge is 0.175 e. The van der Waals surface area contributed by atoms with Crippen LogP contribution in [0.3, 0.4) is 0 Å². The zero-order chi connectivity index (χ0) is 27.9. The van der Waals surface area contributed by atoms with Crippen molar-refractivity contribution in [3.8, 4) is 0 Å². The number of likely N-dealkylation sites (N-methyl/N-ethyl adjacent to an activating group) is 2. The maximum absolute atomic E-state index is 10.3. The summed E-state index contributed by atoms with van der Waals surface area (Å²) in [6.07, 6.45) is -9.40. The summed E-state index contributed by atoms with van der Waals surface area (Å²) in [5.74, 6) is 0. The number of aliphatic hydroxyl groups is 7. The van der Waals surface area contributed by atoms with Gasteiger partial charge in [0, 0.05) is 38.3 Å². The van der Waals surface area contributed by atoms with Gasteiger partial charge < -0.3 is 77.0 Å². The zero-order valence-electron chi connectivity index (χ0n) is 21.6. The van der Waals surface area contributed by atoms with Gasteiger partial charge in [0.05, 0.1) is 44.2 Å². The van der Waals surface area contributed by atoms with E-state index in [1.165, 1.54) is 0 Å². The third-order valence-electron chi connectivity index (χ3n) is 6.86. The molecule has 2 fully saturated rings. The molecule has 2 unspecified atom stereocenters. The Morgan fingerprint density at radius 3 is 1.89 bits per heavy atom. The average molecular weight is 542 g/mol. The van der Waals surface area contributed by atoms with E-state index in [9.17, 15) is 35.7 Å². The summed E-state index contributed by atoms with van der Waals surface area (Å²) < 4.78 is 16.4. The number of nitrogens with two attached hydrogens (primary N) is 3. The second-order valence-electron chi connectivity index (χ2n) is 10.3. The molecule has 0 spiro atoms. The van der Waals surface area contributed by atoms with E-state index in [0.29, 0.717) is 19.5 Å². The average Bonchev–Trinajstić information content (AvgIpc) is 2.84. The minimum Gasteiger partial charge on any atom is -0.394 e. The number of ether oxygens (including phenoxy) is 3. The fourth-order valence-electron chi connectivity index (χ4n) is 4.54. The van der Waals surface area contributed by atoms with Crippen molar-refractivity contribution in [1.29, 1.82) is 0 Å². The molecule has 37 heavy (non-hydrogen) atoms. The van der Waals surface area contributed by atoms with Crippen molar-refractivity contribution in [2.75, 3.05) is 60.1 Å². The highest BCUT2D eigenvalue weighted by molar-refractivity contribution is 4.97. The number of aliphatic hydroxyl groups excluding tert-OH is 7. The van der Waals surface area contributed by atoms with Gasteiger partial charge in [-0.3, -0.25) is 0 Å². The van der Waals surface area contributed by atoms with Crippen molar-refractivity contribution in [3.63, 3.8) is 0 Å². The largest absolute Gasteiger partial charge is 0.394 e. The third-order valence-corrected chi connectivity index (χ3v) is 6.86.